The summed E-state index contributed by atoms with van der Waals surface area (Å²) < 4.78 is 12.3. The van der Waals surface area contributed by atoms with Gasteiger partial charge in [0.25, 0.3) is 0 Å². The van der Waals surface area contributed by atoms with Crippen LogP contribution in [0, 0.1) is 0 Å². The molecule has 1 N–H and O–H groups in total. The molecule has 1 unspecified atom stereocenters. The van der Waals surface area contributed by atoms with Crippen molar-refractivity contribution in [1.29, 1.82) is 0 Å². The van der Waals surface area contributed by atoms with Crippen molar-refractivity contribution >= 4 is 5.78 Å². The van der Waals surface area contributed by atoms with Gasteiger partial charge in [0, 0.05) is 13.0 Å². The Kier molecular flexibility index (Phi) is 1.78. The molecule has 0 aromatic heterocycles. The summed E-state index contributed by atoms with van der Waals surface area (Å²) in [6.07, 6.45) is -1.36. The zero-order valence-corrected chi connectivity index (χ0v) is 4.88. The van der Waals surface area contributed by atoms with Crippen molar-refractivity contribution in [3.8, 4) is 0 Å². The first-order valence-electron chi connectivity index (χ1n) is 2.81. The predicted octanol–water partition coefficient (Wildman–Crippen LogP) is -0.0115. The summed E-state index contributed by atoms with van der Waals surface area (Å²) in [5.74, 6) is -0.402. The molecule has 0 radical (unpaired) electrons. The molecule has 0 bridgehead atoms. The van der Waals surface area contributed by atoms with E-state index in [9.17, 15) is 9.18 Å². The lowest BCUT2D eigenvalue weighted by molar-refractivity contribution is -0.149. The van der Waals surface area contributed by atoms with E-state index in [2.05, 4.69) is 0 Å². The molecule has 1 heterocycles. The SMILES string of the molecule is O=C1CCN(O)CC1F. The lowest BCUT2D eigenvalue weighted by atomic mass is 10.1. The molecule has 0 aliphatic carbocycles. The average Bonchev–Trinajstić information content (AvgIpc) is 1.80. The van der Waals surface area contributed by atoms with Gasteiger partial charge in [0.2, 0.25) is 0 Å². The van der Waals surface area contributed by atoms with Crippen LogP contribution in [-0.4, -0.2) is 35.3 Å². The van der Waals surface area contributed by atoms with Gasteiger partial charge >= 0.3 is 0 Å². The Bertz CT molecular complexity index is 128. The molecule has 0 amide bonds. The van der Waals surface area contributed by atoms with Crippen LogP contribution < -0.4 is 0 Å². The molecule has 3 nitrogen and oxygen atoms in total. The number of Topliss-reactive ketones (excluding diaryl/α,β-unsaturated/α-hetero) is 1. The van der Waals surface area contributed by atoms with Gasteiger partial charge in [0.15, 0.2) is 12.0 Å². The summed E-state index contributed by atoms with van der Waals surface area (Å²) in [4.78, 5) is 10.4. The van der Waals surface area contributed by atoms with Crippen LogP contribution in [0.25, 0.3) is 0 Å². The van der Waals surface area contributed by atoms with Crippen molar-refractivity contribution in [1.82, 2.24) is 5.06 Å². The molecule has 1 aliphatic rings. The normalized spacial score (nSPS) is 30.9. The number of carbonyl (C=O) groups is 1. The smallest absolute Gasteiger partial charge is 0.173 e. The van der Waals surface area contributed by atoms with Crippen LogP contribution >= 0.6 is 0 Å². The van der Waals surface area contributed by atoms with Gasteiger partial charge < -0.3 is 5.21 Å². The number of ketones is 1. The number of hydrogen-bond donors (Lipinski definition) is 1. The fourth-order valence-corrected chi connectivity index (χ4v) is 0.774. The zero-order valence-electron chi connectivity index (χ0n) is 4.88. The molecule has 4 heteroatoms. The standard InChI is InChI=1S/C5H8FNO2/c6-4-3-7(9)2-1-5(4)8/h4,9H,1-3H2. The summed E-state index contributed by atoms with van der Waals surface area (Å²) in [5.41, 5.74) is 0. The largest absolute Gasteiger partial charge is 0.314 e. The number of hydrogen-bond acceptors (Lipinski definition) is 3. The Morgan fingerprint density at radius 3 is 2.89 bits per heavy atom. The topological polar surface area (TPSA) is 40.5 Å². The highest BCUT2D eigenvalue weighted by molar-refractivity contribution is 5.83. The van der Waals surface area contributed by atoms with Crippen LogP contribution in [0.4, 0.5) is 4.39 Å². The highest BCUT2D eigenvalue weighted by Gasteiger charge is 2.25. The van der Waals surface area contributed by atoms with Gasteiger partial charge in [-0.1, -0.05) is 0 Å². The van der Waals surface area contributed by atoms with Crippen molar-refractivity contribution in [3.05, 3.63) is 0 Å². The molecule has 0 saturated carbocycles. The molecule has 0 spiro atoms. The zero-order chi connectivity index (χ0) is 6.85. The Labute approximate surface area is 52.0 Å². The maximum atomic E-state index is 12.3. The minimum absolute atomic E-state index is 0.123. The highest BCUT2D eigenvalue weighted by atomic mass is 19.1. The van der Waals surface area contributed by atoms with Gasteiger partial charge in [0.1, 0.15) is 0 Å². The van der Waals surface area contributed by atoms with Crippen molar-refractivity contribution in [2.24, 2.45) is 0 Å². The highest BCUT2D eigenvalue weighted by Crippen LogP contribution is 2.06. The molecule has 1 fully saturated rings. The lowest BCUT2D eigenvalue weighted by Gasteiger charge is -2.21. The average molecular weight is 133 g/mol. The minimum Gasteiger partial charge on any atom is -0.314 e. The van der Waals surface area contributed by atoms with Crippen molar-refractivity contribution in [3.63, 3.8) is 0 Å². The Morgan fingerprint density at radius 2 is 2.44 bits per heavy atom. The van der Waals surface area contributed by atoms with E-state index < -0.39 is 12.0 Å². The Hall–Kier alpha value is -0.480. The number of carbonyl (C=O) groups excluding carboxylic acids is 1. The van der Waals surface area contributed by atoms with E-state index in [1.165, 1.54) is 0 Å². The van der Waals surface area contributed by atoms with Crippen LogP contribution in [-0.2, 0) is 4.79 Å². The van der Waals surface area contributed by atoms with Crippen LogP contribution in [0.3, 0.4) is 0 Å². The van der Waals surface area contributed by atoms with E-state index in [1.54, 1.807) is 0 Å². The van der Waals surface area contributed by atoms with Crippen LogP contribution in [0.1, 0.15) is 6.42 Å². The fraction of sp³-hybridized carbons (Fsp3) is 0.800. The third kappa shape index (κ3) is 1.46. The molecule has 1 aliphatic heterocycles. The van der Waals surface area contributed by atoms with E-state index in [0.29, 0.717) is 0 Å². The van der Waals surface area contributed by atoms with Crippen LogP contribution in [0.5, 0.6) is 0 Å². The summed E-state index contributed by atoms with van der Waals surface area (Å²) in [7, 11) is 0. The molecule has 0 aromatic rings. The first kappa shape index (κ1) is 6.64. The van der Waals surface area contributed by atoms with Crippen molar-refractivity contribution in [2.75, 3.05) is 13.1 Å². The molecular formula is C5H8FNO2. The van der Waals surface area contributed by atoms with Gasteiger partial charge in [-0.05, 0) is 0 Å². The van der Waals surface area contributed by atoms with Crippen molar-refractivity contribution in [2.45, 2.75) is 12.6 Å². The van der Waals surface area contributed by atoms with E-state index in [-0.39, 0.29) is 19.5 Å². The number of rotatable bonds is 0. The maximum absolute atomic E-state index is 12.3. The second-order valence-corrected chi connectivity index (χ2v) is 2.10. The summed E-state index contributed by atoms with van der Waals surface area (Å²) >= 11 is 0. The molecule has 1 rings (SSSR count). The fourth-order valence-electron chi connectivity index (χ4n) is 0.774. The Morgan fingerprint density at radius 1 is 1.78 bits per heavy atom. The number of nitrogens with zero attached hydrogens (tertiary/aromatic N) is 1. The second kappa shape index (κ2) is 2.41. The molecule has 1 saturated heterocycles. The monoisotopic (exact) mass is 133 g/mol. The Balaban J connectivity index is 2.44. The summed E-state index contributed by atoms with van der Waals surface area (Å²) in [6, 6.07) is 0. The van der Waals surface area contributed by atoms with Gasteiger partial charge in [-0.3, -0.25) is 4.79 Å². The first-order valence-corrected chi connectivity index (χ1v) is 2.81. The number of halogens is 1. The summed E-state index contributed by atoms with van der Waals surface area (Å²) in [6.45, 7) is 0.0953. The number of piperidine rings is 1. The van der Waals surface area contributed by atoms with E-state index in [0.717, 1.165) is 5.06 Å². The number of alkyl halides is 1. The quantitative estimate of drug-likeness (QED) is 0.505. The lowest BCUT2D eigenvalue weighted by Crippen LogP contribution is -2.39. The van der Waals surface area contributed by atoms with E-state index in [1.807, 2.05) is 0 Å². The summed E-state index contributed by atoms with van der Waals surface area (Å²) in [5, 5.41) is 9.46. The van der Waals surface area contributed by atoms with Crippen molar-refractivity contribution < 1.29 is 14.4 Å². The maximum Gasteiger partial charge on any atom is 0.173 e. The van der Waals surface area contributed by atoms with E-state index in [4.69, 9.17) is 5.21 Å². The molecule has 52 valence electrons. The third-order valence-electron chi connectivity index (χ3n) is 1.34. The second-order valence-electron chi connectivity index (χ2n) is 2.10. The third-order valence-corrected chi connectivity index (χ3v) is 1.34. The molecular weight excluding hydrogens is 125 g/mol. The van der Waals surface area contributed by atoms with Gasteiger partial charge in [-0.15, -0.1) is 0 Å². The minimum atomic E-state index is -1.48. The van der Waals surface area contributed by atoms with E-state index >= 15 is 0 Å². The van der Waals surface area contributed by atoms with Gasteiger partial charge in [-0.2, -0.15) is 5.06 Å². The molecule has 9 heavy (non-hydrogen) atoms. The first-order chi connectivity index (χ1) is 4.20. The molecule has 1 atom stereocenters. The predicted molar refractivity (Wildman–Crippen MR) is 27.9 cm³/mol. The molecule has 0 aromatic carbocycles. The van der Waals surface area contributed by atoms with Crippen LogP contribution in [0.15, 0.2) is 0 Å². The van der Waals surface area contributed by atoms with Gasteiger partial charge in [0.05, 0.1) is 6.54 Å². The van der Waals surface area contributed by atoms with Gasteiger partial charge in [-0.25, -0.2) is 4.39 Å². The van der Waals surface area contributed by atoms with Crippen LogP contribution in [0.2, 0.25) is 0 Å². The number of hydroxylamine groups is 2.